The van der Waals surface area contributed by atoms with Crippen LogP contribution in [0.2, 0.25) is 0 Å². The average Bonchev–Trinajstić information content (AvgIpc) is 1.12. The Labute approximate surface area is 541 Å². The van der Waals surface area contributed by atoms with Gasteiger partial charge in [0.25, 0.3) is 0 Å². The Balaban J connectivity index is 0.00000768. The molecule has 0 bridgehead atoms. The summed E-state index contributed by atoms with van der Waals surface area (Å²) >= 11 is 1.60. The Hall–Kier alpha value is -6.50. The lowest BCUT2D eigenvalue weighted by molar-refractivity contribution is -0.157. The van der Waals surface area contributed by atoms with Crippen LogP contribution in [0.3, 0.4) is 0 Å². The second-order valence-corrected chi connectivity index (χ2v) is 27.5. The van der Waals surface area contributed by atoms with Gasteiger partial charge in [0.15, 0.2) is 0 Å². The molecule has 0 unspecified atom stereocenters. The fourth-order valence-electron chi connectivity index (χ4n) is 10.9. The van der Waals surface area contributed by atoms with Crippen molar-refractivity contribution in [2.45, 2.75) is 223 Å². The SMILES string of the molecule is C/C=C/C[C@@H](C)[C@@H](O)[C@H]1C(=O)N[C@@H](CC)C(=O)N(C)CC(=O)N(C)[C@@H](CC(C)C)C(=O)N[C@@H](C(C)C)C(=O)N(C)[C@@H](CC(C)C)C(=O)N[C@@H](C)C(=O)N[C@H](C)C(=O)N(C)[C@@H](CC(C)C)C(=O)N(C)[C@@H](CC(C)C)C(=O)N(C)[C@@H](C(C)C)C(=O)N1C.c1cscn1. The molecule has 11 amide bonds. The summed E-state index contributed by atoms with van der Waals surface area (Å²) in [6.45, 7) is 29.3. The third-order valence-corrected chi connectivity index (χ3v) is 16.9. The fraction of sp³-hybridized carbons (Fsp3) is 0.754. The van der Waals surface area contributed by atoms with E-state index in [2.05, 4.69) is 26.3 Å². The summed E-state index contributed by atoms with van der Waals surface area (Å²) in [7, 11) is 9.92. The predicted octanol–water partition coefficient (Wildman–Crippen LogP) is 4.41. The molecule has 24 nitrogen and oxygen atoms in total. The van der Waals surface area contributed by atoms with Crippen LogP contribution in [-0.4, -0.2) is 232 Å². The van der Waals surface area contributed by atoms with Gasteiger partial charge in [0.05, 0.1) is 18.2 Å². The van der Waals surface area contributed by atoms with Crippen LogP contribution in [0, 0.1) is 41.4 Å². The third kappa shape index (κ3) is 23.9. The molecular formula is C65H114N12O12S. The first-order valence-electron chi connectivity index (χ1n) is 31.9. The van der Waals surface area contributed by atoms with Gasteiger partial charge in [-0.25, -0.2) is 0 Å². The summed E-state index contributed by atoms with van der Waals surface area (Å²) < 4.78 is 0. The summed E-state index contributed by atoms with van der Waals surface area (Å²) in [5, 5.41) is 25.0. The highest BCUT2D eigenvalue weighted by molar-refractivity contribution is 7.07. The third-order valence-electron chi connectivity index (χ3n) is 16.4. The van der Waals surface area contributed by atoms with E-state index in [-0.39, 0.29) is 55.8 Å². The number of carbonyl (C=O) groups is 11. The summed E-state index contributed by atoms with van der Waals surface area (Å²) in [6, 6.07) is -12.3. The van der Waals surface area contributed by atoms with Crippen LogP contribution in [0.1, 0.15) is 156 Å². The molecule has 1 aliphatic rings. The number of carbonyl (C=O) groups excluding carboxylic acids is 11. The van der Waals surface area contributed by atoms with Gasteiger partial charge in [-0.05, 0) is 101 Å². The average molecular weight is 1290 g/mol. The lowest BCUT2D eigenvalue weighted by atomic mass is 9.91. The monoisotopic (exact) mass is 1290 g/mol. The molecule has 5 N–H and O–H groups in total. The zero-order valence-corrected chi connectivity index (χ0v) is 59.5. The van der Waals surface area contributed by atoms with Crippen molar-refractivity contribution in [3.05, 3.63) is 29.2 Å². The van der Waals surface area contributed by atoms with E-state index < -0.39 is 156 Å². The van der Waals surface area contributed by atoms with E-state index in [0.29, 0.717) is 6.42 Å². The number of hydrogen-bond donors (Lipinski definition) is 5. The minimum absolute atomic E-state index is 0.0229. The number of allylic oxidation sites excluding steroid dienone is 2. The quantitative estimate of drug-likeness (QED) is 0.152. The number of amides is 11. The summed E-state index contributed by atoms with van der Waals surface area (Å²) in [5.41, 5.74) is 1.79. The van der Waals surface area contributed by atoms with E-state index in [9.17, 15) is 48.3 Å². The van der Waals surface area contributed by atoms with Crippen LogP contribution in [0.15, 0.2) is 29.2 Å². The zero-order chi connectivity index (χ0) is 69.5. The van der Waals surface area contributed by atoms with Crippen molar-refractivity contribution in [3.63, 3.8) is 0 Å². The Bertz CT molecular complexity index is 2530. The molecule has 25 heteroatoms. The molecule has 2 rings (SSSR count). The number of rotatable bonds is 15. The molecule has 1 fully saturated rings. The van der Waals surface area contributed by atoms with Gasteiger partial charge in [-0.1, -0.05) is 109 Å². The molecule has 1 aliphatic heterocycles. The molecule has 1 aromatic rings. The fourth-order valence-corrected chi connectivity index (χ4v) is 11.2. The standard InChI is InChI=1S/C62H111N11O12.C3H3NS/c1-25-27-28-40(15)52(75)51-56(79)65-43(26-2)58(81)67(18)33-48(74)68(19)44(29-34(3)4)55(78)66-49(38(11)12)61(84)69(20)45(30-35(5)6)54(77)63-41(16)53(76)64-42(17)57(80)70(21)46(31-36(7)8)59(82)71(22)47(32-37(9)10)60(83)72(23)50(39(13)14)62(85)73(51)24;1-2-5-3-4-1/h25,27,34-47,49-52,75H,26,28-33H2,1-24H3,(H,63,77)(H,64,76)(H,65,79)(H,66,78);1-3H/b27-25+;/t40-,41+,42-,43+,44+,45+,46+,47+,49+,50+,51+,52-;/m1./s1. The largest absolute Gasteiger partial charge is 0.390 e. The van der Waals surface area contributed by atoms with Crippen molar-refractivity contribution in [2.24, 2.45) is 41.4 Å². The number of aromatic nitrogens is 1. The highest BCUT2D eigenvalue weighted by Gasteiger charge is 2.45. The van der Waals surface area contributed by atoms with Crippen molar-refractivity contribution in [3.8, 4) is 0 Å². The predicted molar refractivity (Wildman–Crippen MR) is 351 cm³/mol. The minimum atomic E-state index is -1.61. The summed E-state index contributed by atoms with van der Waals surface area (Å²) in [4.78, 5) is 172. The molecule has 0 radical (unpaired) electrons. The van der Waals surface area contributed by atoms with Gasteiger partial charge in [-0.3, -0.25) is 57.7 Å². The lowest BCUT2D eigenvalue weighted by Gasteiger charge is -2.41. The van der Waals surface area contributed by atoms with E-state index in [1.165, 1.54) is 87.7 Å². The molecule has 0 aromatic carbocycles. The zero-order valence-electron chi connectivity index (χ0n) is 58.7. The Morgan fingerprint density at radius 1 is 0.522 bits per heavy atom. The molecule has 2 heterocycles. The van der Waals surface area contributed by atoms with Crippen LogP contribution in [-0.2, 0) is 52.7 Å². The number of nitrogens with zero attached hydrogens (tertiary/aromatic N) is 8. The lowest BCUT2D eigenvalue weighted by Crippen LogP contribution is -2.63. The molecule has 1 aromatic heterocycles. The number of aliphatic hydroxyl groups excluding tert-OH is 1. The van der Waals surface area contributed by atoms with Crippen molar-refractivity contribution < 1.29 is 57.8 Å². The number of aliphatic hydroxyl groups is 1. The molecule has 0 spiro atoms. The molecule has 90 heavy (non-hydrogen) atoms. The van der Waals surface area contributed by atoms with Crippen molar-refractivity contribution in [2.75, 3.05) is 55.9 Å². The Morgan fingerprint density at radius 3 is 1.40 bits per heavy atom. The van der Waals surface area contributed by atoms with Crippen molar-refractivity contribution in [1.82, 2.24) is 60.6 Å². The smallest absolute Gasteiger partial charge is 0.246 e. The van der Waals surface area contributed by atoms with Crippen LogP contribution in [0.5, 0.6) is 0 Å². The molecule has 12 atom stereocenters. The molecule has 0 aliphatic carbocycles. The second-order valence-electron chi connectivity index (χ2n) is 26.8. The van der Waals surface area contributed by atoms with Gasteiger partial charge < -0.3 is 60.7 Å². The van der Waals surface area contributed by atoms with Gasteiger partial charge in [-0.2, -0.15) is 0 Å². The van der Waals surface area contributed by atoms with Gasteiger partial charge in [0.1, 0.15) is 60.4 Å². The van der Waals surface area contributed by atoms with Crippen LogP contribution in [0.4, 0.5) is 0 Å². The van der Waals surface area contributed by atoms with Gasteiger partial charge >= 0.3 is 0 Å². The van der Waals surface area contributed by atoms with Gasteiger partial charge in [0, 0.05) is 60.9 Å². The Kier molecular flexibility index (Phi) is 34.8. The first-order valence-corrected chi connectivity index (χ1v) is 32.8. The topological polar surface area (TPSA) is 292 Å². The maximum Gasteiger partial charge on any atom is 0.246 e. The van der Waals surface area contributed by atoms with E-state index in [4.69, 9.17) is 0 Å². The van der Waals surface area contributed by atoms with E-state index in [1.807, 2.05) is 66.8 Å². The highest BCUT2D eigenvalue weighted by Crippen LogP contribution is 2.26. The molecule has 0 saturated carbocycles. The van der Waals surface area contributed by atoms with Gasteiger partial charge in [0.2, 0.25) is 65.0 Å². The number of thiazole rings is 1. The second kappa shape index (κ2) is 38.4. The van der Waals surface area contributed by atoms with Crippen molar-refractivity contribution >= 4 is 76.3 Å². The van der Waals surface area contributed by atoms with E-state index in [0.717, 1.165) is 9.80 Å². The number of likely N-dealkylation sites (N-methyl/N-ethyl adjacent to an activating group) is 7. The van der Waals surface area contributed by atoms with Crippen molar-refractivity contribution in [1.29, 1.82) is 0 Å². The van der Waals surface area contributed by atoms with Gasteiger partial charge in [-0.15, -0.1) is 11.3 Å². The Morgan fingerprint density at radius 2 is 0.967 bits per heavy atom. The maximum atomic E-state index is 15.1. The first-order chi connectivity index (χ1) is 41.7. The van der Waals surface area contributed by atoms with Crippen LogP contribution >= 0.6 is 11.3 Å². The number of hydrogen-bond acceptors (Lipinski definition) is 14. The molecule has 512 valence electrons. The normalized spacial score (nSPS) is 25.9. The van der Waals surface area contributed by atoms with Crippen LogP contribution in [0.25, 0.3) is 0 Å². The first kappa shape index (κ1) is 81.5. The number of nitrogens with one attached hydrogen (secondary N) is 4. The highest BCUT2D eigenvalue weighted by atomic mass is 32.1. The minimum Gasteiger partial charge on any atom is -0.390 e. The van der Waals surface area contributed by atoms with E-state index >= 15 is 9.59 Å². The summed E-state index contributed by atoms with van der Waals surface area (Å²) in [5.74, 6) is -9.71. The summed E-state index contributed by atoms with van der Waals surface area (Å²) in [6.07, 6.45) is 4.81. The van der Waals surface area contributed by atoms with E-state index in [1.54, 1.807) is 77.6 Å². The molecule has 1 saturated heterocycles. The molecular weight excluding hydrogens is 1170 g/mol. The van der Waals surface area contributed by atoms with Crippen LogP contribution < -0.4 is 21.3 Å². The maximum absolute atomic E-state index is 15.1.